The van der Waals surface area contributed by atoms with Gasteiger partial charge in [-0.25, -0.2) is 9.59 Å². The number of carbonyl (C=O) groups is 2. The molecular weight excluding hydrogens is 427 g/mol. The monoisotopic (exact) mass is 449 g/mol. The molecule has 32 heavy (non-hydrogen) atoms. The molecule has 0 aromatic heterocycles. The van der Waals surface area contributed by atoms with Crippen molar-refractivity contribution in [2.24, 2.45) is 0 Å². The van der Waals surface area contributed by atoms with Crippen molar-refractivity contribution in [2.75, 3.05) is 19.8 Å². The Hall–Kier alpha value is -3.07. The van der Waals surface area contributed by atoms with Gasteiger partial charge < -0.3 is 14.6 Å². The lowest BCUT2D eigenvalue weighted by atomic mass is 9.98. The summed E-state index contributed by atoms with van der Waals surface area (Å²) >= 11 is 0. The fraction of sp³-hybridized carbons (Fsp3) is 0.391. The molecule has 9 heteroatoms. The maximum absolute atomic E-state index is 12.8. The number of benzene rings is 2. The van der Waals surface area contributed by atoms with Gasteiger partial charge in [-0.1, -0.05) is 48.5 Å². The number of carboxylic acids is 1. The molecule has 0 bridgehead atoms. The van der Waals surface area contributed by atoms with Crippen LogP contribution in [-0.2, 0) is 14.3 Å². The van der Waals surface area contributed by atoms with E-state index in [9.17, 15) is 27.9 Å². The predicted molar refractivity (Wildman–Crippen MR) is 108 cm³/mol. The zero-order chi connectivity index (χ0) is 22.9. The van der Waals surface area contributed by atoms with Crippen LogP contribution >= 0.6 is 0 Å². The Morgan fingerprint density at radius 2 is 1.62 bits per heavy atom. The van der Waals surface area contributed by atoms with E-state index < -0.39 is 37.0 Å². The lowest BCUT2D eigenvalue weighted by Gasteiger charge is -2.38. The van der Waals surface area contributed by atoms with Crippen molar-refractivity contribution >= 4 is 12.1 Å². The average Bonchev–Trinajstić information content (AvgIpc) is 3.09. The van der Waals surface area contributed by atoms with Gasteiger partial charge in [0, 0.05) is 12.5 Å². The van der Waals surface area contributed by atoms with Gasteiger partial charge in [0.1, 0.15) is 13.2 Å². The summed E-state index contributed by atoms with van der Waals surface area (Å²) in [5.74, 6) is -1.64. The second-order valence-electron chi connectivity index (χ2n) is 7.89. The number of alkyl halides is 3. The second-order valence-corrected chi connectivity index (χ2v) is 7.89. The number of carbonyl (C=O) groups excluding carboxylic acids is 1. The van der Waals surface area contributed by atoms with Gasteiger partial charge in [-0.15, -0.1) is 0 Å². The molecule has 0 saturated carbocycles. The van der Waals surface area contributed by atoms with Crippen LogP contribution in [0.3, 0.4) is 0 Å². The number of aliphatic carboxylic acids is 1. The van der Waals surface area contributed by atoms with E-state index in [-0.39, 0.29) is 25.5 Å². The number of halogens is 3. The molecule has 1 fully saturated rings. The molecule has 2 aromatic rings. The normalized spacial score (nSPS) is 20.5. The van der Waals surface area contributed by atoms with Gasteiger partial charge in [-0.3, -0.25) is 4.90 Å². The van der Waals surface area contributed by atoms with E-state index in [1.165, 1.54) is 0 Å². The summed E-state index contributed by atoms with van der Waals surface area (Å²) in [6, 6.07) is 14.0. The Labute approximate surface area is 182 Å². The van der Waals surface area contributed by atoms with E-state index in [1.807, 2.05) is 48.5 Å². The summed E-state index contributed by atoms with van der Waals surface area (Å²) in [4.78, 5) is 25.5. The van der Waals surface area contributed by atoms with E-state index in [2.05, 4.69) is 0 Å². The number of amides is 1. The third-order valence-electron chi connectivity index (χ3n) is 5.86. The third-order valence-corrected chi connectivity index (χ3v) is 5.86. The van der Waals surface area contributed by atoms with Crippen molar-refractivity contribution in [1.82, 2.24) is 4.90 Å². The fourth-order valence-electron chi connectivity index (χ4n) is 4.51. The fourth-order valence-corrected chi connectivity index (χ4v) is 4.51. The Kier molecular flexibility index (Phi) is 6.10. The molecule has 2 unspecified atom stereocenters. The SMILES string of the molecule is O=C(O)C1C(OCC(F)(F)F)CCCN1C(=O)OCC1c2ccccc2-c2ccccc21. The number of likely N-dealkylation sites (tertiary alicyclic amines) is 1. The molecule has 1 saturated heterocycles. The van der Waals surface area contributed by atoms with Crippen molar-refractivity contribution in [3.63, 3.8) is 0 Å². The van der Waals surface area contributed by atoms with Crippen LogP contribution in [-0.4, -0.2) is 60.1 Å². The number of piperidine rings is 1. The standard InChI is InChI=1S/C23H22F3NO5/c24-23(25,26)13-32-19-10-5-11-27(20(19)21(28)29)22(30)31-12-18-16-8-3-1-6-14(16)15-7-2-4-9-17(15)18/h1-4,6-9,18-20H,5,10-13H2,(H,28,29). The summed E-state index contributed by atoms with van der Waals surface area (Å²) in [7, 11) is 0. The Morgan fingerprint density at radius 3 is 2.19 bits per heavy atom. The first-order valence-corrected chi connectivity index (χ1v) is 10.3. The molecule has 1 heterocycles. The van der Waals surface area contributed by atoms with E-state index >= 15 is 0 Å². The van der Waals surface area contributed by atoms with Gasteiger partial charge >= 0.3 is 18.2 Å². The lowest BCUT2D eigenvalue weighted by Crippen LogP contribution is -2.56. The minimum Gasteiger partial charge on any atom is -0.480 e. The van der Waals surface area contributed by atoms with Crippen molar-refractivity contribution in [3.05, 3.63) is 59.7 Å². The Bertz CT molecular complexity index is 964. The van der Waals surface area contributed by atoms with Gasteiger partial charge in [0.2, 0.25) is 0 Å². The Balaban J connectivity index is 1.48. The van der Waals surface area contributed by atoms with E-state index in [0.29, 0.717) is 6.42 Å². The number of nitrogens with zero attached hydrogens (tertiary/aromatic N) is 1. The smallest absolute Gasteiger partial charge is 0.411 e. The maximum Gasteiger partial charge on any atom is 0.411 e. The highest BCUT2D eigenvalue weighted by atomic mass is 19.4. The highest BCUT2D eigenvalue weighted by molar-refractivity contribution is 5.82. The molecule has 2 aliphatic rings. The Morgan fingerprint density at radius 1 is 1.03 bits per heavy atom. The maximum atomic E-state index is 12.8. The van der Waals surface area contributed by atoms with Crippen LogP contribution in [0.4, 0.5) is 18.0 Å². The molecule has 4 rings (SSSR count). The van der Waals surface area contributed by atoms with Crippen LogP contribution in [0, 0.1) is 0 Å². The summed E-state index contributed by atoms with van der Waals surface area (Å²) < 4.78 is 48.0. The van der Waals surface area contributed by atoms with Crippen molar-refractivity contribution in [1.29, 1.82) is 0 Å². The summed E-state index contributed by atoms with van der Waals surface area (Å²) in [5, 5.41) is 9.59. The molecule has 2 aromatic carbocycles. The van der Waals surface area contributed by atoms with Crippen LogP contribution in [0.1, 0.15) is 29.9 Å². The first-order valence-electron chi connectivity index (χ1n) is 10.3. The minimum atomic E-state index is -4.59. The topological polar surface area (TPSA) is 76.1 Å². The molecule has 1 aliphatic carbocycles. The number of carboxylic acid groups (broad SMARTS) is 1. The van der Waals surface area contributed by atoms with Gasteiger partial charge in [-0.2, -0.15) is 13.2 Å². The predicted octanol–water partition coefficient (Wildman–Crippen LogP) is 4.43. The van der Waals surface area contributed by atoms with Crippen LogP contribution in [0.15, 0.2) is 48.5 Å². The quantitative estimate of drug-likeness (QED) is 0.731. The molecule has 6 nitrogen and oxygen atoms in total. The van der Waals surface area contributed by atoms with Crippen molar-refractivity contribution in [2.45, 2.75) is 37.1 Å². The summed E-state index contributed by atoms with van der Waals surface area (Å²) in [6.45, 7) is -1.51. The highest BCUT2D eigenvalue weighted by Gasteiger charge is 2.43. The zero-order valence-corrected chi connectivity index (χ0v) is 17.0. The number of hydrogen-bond acceptors (Lipinski definition) is 4. The van der Waals surface area contributed by atoms with Crippen molar-refractivity contribution < 1.29 is 37.3 Å². The van der Waals surface area contributed by atoms with Crippen molar-refractivity contribution in [3.8, 4) is 11.1 Å². The van der Waals surface area contributed by atoms with Crippen LogP contribution < -0.4 is 0 Å². The molecule has 170 valence electrons. The summed E-state index contributed by atoms with van der Waals surface area (Å²) in [5.41, 5.74) is 4.10. The average molecular weight is 449 g/mol. The first kappa shape index (κ1) is 22.1. The molecule has 2 atom stereocenters. The van der Waals surface area contributed by atoms with Gasteiger partial charge in [0.05, 0.1) is 6.10 Å². The number of ether oxygens (including phenoxy) is 2. The number of hydrogen-bond donors (Lipinski definition) is 1. The molecule has 0 radical (unpaired) electrons. The molecule has 1 amide bonds. The highest BCUT2D eigenvalue weighted by Crippen LogP contribution is 2.44. The minimum absolute atomic E-state index is 0.0101. The van der Waals surface area contributed by atoms with E-state index in [0.717, 1.165) is 27.2 Å². The van der Waals surface area contributed by atoms with Crippen LogP contribution in [0.5, 0.6) is 0 Å². The van der Waals surface area contributed by atoms with Crippen LogP contribution in [0.2, 0.25) is 0 Å². The second kappa shape index (κ2) is 8.82. The zero-order valence-electron chi connectivity index (χ0n) is 17.0. The number of rotatable bonds is 5. The molecule has 0 spiro atoms. The molecular formula is C23H22F3NO5. The van der Waals surface area contributed by atoms with Gasteiger partial charge in [0.25, 0.3) is 0 Å². The largest absolute Gasteiger partial charge is 0.480 e. The molecule has 1 aliphatic heterocycles. The van der Waals surface area contributed by atoms with E-state index in [1.54, 1.807) is 0 Å². The van der Waals surface area contributed by atoms with Gasteiger partial charge in [0.15, 0.2) is 6.04 Å². The van der Waals surface area contributed by atoms with Gasteiger partial charge in [-0.05, 0) is 35.1 Å². The summed E-state index contributed by atoms with van der Waals surface area (Å²) in [6.07, 6.45) is -6.30. The third kappa shape index (κ3) is 4.43. The first-order chi connectivity index (χ1) is 15.3. The van der Waals surface area contributed by atoms with Crippen LogP contribution in [0.25, 0.3) is 11.1 Å². The van der Waals surface area contributed by atoms with E-state index in [4.69, 9.17) is 9.47 Å². The molecule has 1 N–H and O–H groups in total. The lowest BCUT2D eigenvalue weighted by molar-refractivity contribution is -0.198. The number of fused-ring (bicyclic) bond motifs is 3.